The number of para-hydroxylation sites is 1. The van der Waals surface area contributed by atoms with E-state index in [9.17, 15) is 19.7 Å². The summed E-state index contributed by atoms with van der Waals surface area (Å²) in [7, 11) is 0. The predicted octanol–water partition coefficient (Wildman–Crippen LogP) is 1.94. The Morgan fingerprint density at radius 2 is 1.86 bits per heavy atom. The lowest BCUT2D eigenvalue weighted by Crippen LogP contribution is -2.42. The molecular formula is C14H17N3O4. The van der Waals surface area contributed by atoms with Crippen molar-refractivity contribution in [2.24, 2.45) is 5.92 Å². The molecule has 2 amide bonds. The first-order valence-corrected chi connectivity index (χ1v) is 6.90. The van der Waals surface area contributed by atoms with Crippen LogP contribution < -0.4 is 10.9 Å². The molecule has 1 aromatic rings. The number of rotatable bonds is 4. The summed E-state index contributed by atoms with van der Waals surface area (Å²) in [6, 6.07) is 5.60. The zero-order valence-corrected chi connectivity index (χ0v) is 11.5. The zero-order chi connectivity index (χ0) is 15.2. The van der Waals surface area contributed by atoms with E-state index >= 15 is 0 Å². The van der Waals surface area contributed by atoms with Gasteiger partial charge in [-0.25, -0.2) is 0 Å². The molecule has 7 heteroatoms. The summed E-state index contributed by atoms with van der Waals surface area (Å²) in [6.07, 6.45) is 4.72. The van der Waals surface area contributed by atoms with Crippen LogP contribution in [0.4, 0.5) is 5.69 Å². The number of carbonyl (C=O) groups excluding carboxylic acids is 2. The van der Waals surface area contributed by atoms with E-state index in [2.05, 4.69) is 10.9 Å². The second kappa shape index (κ2) is 6.83. The van der Waals surface area contributed by atoms with Crippen molar-refractivity contribution in [2.45, 2.75) is 32.1 Å². The maximum absolute atomic E-state index is 11.9. The molecule has 0 heterocycles. The van der Waals surface area contributed by atoms with Crippen molar-refractivity contribution in [1.82, 2.24) is 10.9 Å². The average molecular weight is 291 g/mol. The molecular weight excluding hydrogens is 274 g/mol. The fourth-order valence-corrected chi connectivity index (χ4v) is 2.55. The molecule has 2 rings (SSSR count). The zero-order valence-electron chi connectivity index (χ0n) is 11.5. The first kappa shape index (κ1) is 15.0. The van der Waals surface area contributed by atoms with E-state index in [1.165, 1.54) is 24.3 Å². The Kier molecular flexibility index (Phi) is 4.86. The number of nitrogens with zero attached hydrogens (tertiary/aromatic N) is 1. The van der Waals surface area contributed by atoms with Crippen molar-refractivity contribution in [1.29, 1.82) is 0 Å². The van der Waals surface area contributed by atoms with Gasteiger partial charge in [-0.3, -0.25) is 30.6 Å². The van der Waals surface area contributed by atoms with Gasteiger partial charge in [-0.15, -0.1) is 0 Å². The quantitative estimate of drug-likeness (QED) is 0.653. The Balaban J connectivity index is 1.89. The van der Waals surface area contributed by atoms with Crippen LogP contribution in [0, 0.1) is 16.0 Å². The van der Waals surface area contributed by atoms with Crippen LogP contribution in [-0.2, 0) is 4.79 Å². The van der Waals surface area contributed by atoms with Crippen molar-refractivity contribution >= 4 is 17.5 Å². The molecule has 2 N–H and O–H groups in total. The number of benzene rings is 1. The molecule has 0 unspecified atom stereocenters. The third-order valence-electron chi connectivity index (χ3n) is 3.61. The van der Waals surface area contributed by atoms with Crippen LogP contribution in [0.1, 0.15) is 42.5 Å². The fraction of sp³-hybridized carbons (Fsp3) is 0.429. The minimum atomic E-state index is -0.693. The van der Waals surface area contributed by atoms with E-state index in [4.69, 9.17) is 0 Å². The normalized spacial score (nSPS) is 14.7. The molecule has 7 nitrogen and oxygen atoms in total. The number of hydrogen-bond donors (Lipinski definition) is 2. The standard InChI is InChI=1S/C14H17N3O4/c18-13(9-10-5-1-2-6-10)15-16-14(19)11-7-3-4-8-12(11)17(20)21/h3-4,7-8,10H,1-2,5-6,9H2,(H,15,18)(H,16,19). The molecule has 0 radical (unpaired) electrons. The van der Waals surface area contributed by atoms with Gasteiger partial charge < -0.3 is 0 Å². The highest BCUT2D eigenvalue weighted by atomic mass is 16.6. The largest absolute Gasteiger partial charge is 0.282 e. The van der Waals surface area contributed by atoms with Gasteiger partial charge in [0.1, 0.15) is 5.56 Å². The van der Waals surface area contributed by atoms with E-state index in [1.54, 1.807) is 0 Å². The Morgan fingerprint density at radius 3 is 2.52 bits per heavy atom. The summed E-state index contributed by atoms with van der Waals surface area (Å²) >= 11 is 0. The first-order valence-electron chi connectivity index (χ1n) is 6.90. The third-order valence-corrected chi connectivity index (χ3v) is 3.61. The summed E-state index contributed by atoms with van der Waals surface area (Å²) in [5.74, 6) is -0.594. The van der Waals surface area contributed by atoms with Gasteiger partial charge in [-0.1, -0.05) is 25.0 Å². The number of hydrogen-bond acceptors (Lipinski definition) is 4. The summed E-state index contributed by atoms with van der Waals surface area (Å²) in [6.45, 7) is 0. The molecule has 1 fully saturated rings. The van der Waals surface area contributed by atoms with Crippen LogP contribution in [0.2, 0.25) is 0 Å². The van der Waals surface area contributed by atoms with E-state index in [1.807, 2.05) is 0 Å². The van der Waals surface area contributed by atoms with Gasteiger partial charge in [0.05, 0.1) is 4.92 Å². The molecule has 0 saturated heterocycles. The van der Waals surface area contributed by atoms with Gasteiger partial charge in [0, 0.05) is 12.5 Å². The molecule has 0 atom stereocenters. The maximum Gasteiger partial charge on any atom is 0.282 e. The molecule has 1 saturated carbocycles. The highest BCUT2D eigenvalue weighted by Gasteiger charge is 2.21. The Bertz CT molecular complexity index is 553. The number of carbonyl (C=O) groups is 2. The third kappa shape index (κ3) is 4.01. The van der Waals surface area contributed by atoms with E-state index < -0.39 is 10.8 Å². The van der Waals surface area contributed by atoms with Gasteiger partial charge in [0.15, 0.2) is 0 Å². The minimum Gasteiger partial charge on any atom is -0.273 e. The molecule has 0 aliphatic heterocycles. The molecule has 1 aromatic carbocycles. The lowest BCUT2D eigenvalue weighted by atomic mass is 10.0. The van der Waals surface area contributed by atoms with Crippen LogP contribution in [0.25, 0.3) is 0 Å². The van der Waals surface area contributed by atoms with Gasteiger partial charge in [0.25, 0.3) is 11.6 Å². The van der Waals surface area contributed by atoms with Crippen LogP contribution in [0.15, 0.2) is 24.3 Å². The molecule has 0 aromatic heterocycles. The second-order valence-corrected chi connectivity index (χ2v) is 5.13. The van der Waals surface area contributed by atoms with E-state index in [0.717, 1.165) is 25.7 Å². The average Bonchev–Trinajstić information content (AvgIpc) is 2.97. The highest BCUT2D eigenvalue weighted by molar-refractivity contribution is 5.98. The Morgan fingerprint density at radius 1 is 1.19 bits per heavy atom. The number of hydrazine groups is 1. The molecule has 0 bridgehead atoms. The lowest BCUT2D eigenvalue weighted by Gasteiger charge is -2.10. The van der Waals surface area contributed by atoms with Crippen molar-refractivity contribution in [2.75, 3.05) is 0 Å². The summed E-state index contributed by atoms with van der Waals surface area (Å²) in [5, 5.41) is 10.8. The molecule has 0 spiro atoms. The van der Waals surface area contributed by atoms with Crippen molar-refractivity contribution in [3.8, 4) is 0 Å². The number of nitro groups is 1. The predicted molar refractivity (Wildman–Crippen MR) is 75.3 cm³/mol. The highest BCUT2D eigenvalue weighted by Crippen LogP contribution is 2.27. The van der Waals surface area contributed by atoms with Crippen LogP contribution >= 0.6 is 0 Å². The van der Waals surface area contributed by atoms with Gasteiger partial charge in [-0.2, -0.15) is 0 Å². The summed E-state index contributed by atoms with van der Waals surface area (Å²) < 4.78 is 0. The monoisotopic (exact) mass is 291 g/mol. The SMILES string of the molecule is O=C(CC1CCCC1)NNC(=O)c1ccccc1[N+](=O)[O-]. The summed E-state index contributed by atoms with van der Waals surface area (Å²) in [5.41, 5.74) is 4.17. The number of nitrogens with one attached hydrogen (secondary N) is 2. The van der Waals surface area contributed by atoms with E-state index in [0.29, 0.717) is 12.3 Å². The molecule has 1 aliphatic carbocycles. The van der Waals surface area contributed by atoms with Gasteiger partial charge in [0.2, 0.25) is 5.91 Å². The molecule has 112 valence electrons. The Hall–Kier alpha value is -2.44. The second-order valence-electron chi connectivity index (χ2n) is 5.13. The fourth-order valence-electron chi connectivity index (χ4n) is 2.55. The summed E-state index contributed by atoms with van der Waals surface area (Å²) in [4.78, 5) is 33.8. The first-order chi connectivity index (χ1) is 10.1. The smallest absolute Gasteiger partial charge is 0.273 e. The Labute approximate surface area is 121 Å². The molecule has 21 heavy (non-hydrogen) atoms. The lowest BCUT2D eigenvalue weighted by molar-refractivity contribution is -0.385. The topological polar surface area (TPSA) is 101 Å². The van der Waals surface area contributed by atoms with Crippen LogP contribution in [-0.4, -0.2) is 16.7 Å². The minimum absolute atomic E-state index is 0.0799. The van der Waals surface area contributed by atoms with Gasteiger partial charge in [-0.05, 0) is 24.8 Å². The van der Waals surface area contributed by atoms with Crippen molar-refractivity contribution in [3.05, 3.63) is 39.9 Å². The maximum atomic E-state index is 11.9. The van der Waals surface area contributed by atoms with Gasteiger partial charge >= 0.3 is 0 Å². The van der Waals surface area contributed by atoms with E-state index in [-0.39, 0.29) is 17.2 Å². The molecule has 1 aliphatic rings. The number of amides is 2. The van der Waals surface area contributed by atoms with Crippen LogP contribution in [0.3, 0.4) is 0 Å². The van der Waals surface area contributed by atoms with Crippen molar-refractivity contribution in [3.63, 3.8) is 0 Å². The number of nitro benzene ring substituents is 1. The van der Waals surface area contributed by atoms with Crippen molar-refractivity contribution < 1.29 is 14.5 Å². The van der Waals surface area contributed by atoms with Crippen LogP contribution in [0.5, 0.6) is 0 Å².